The topological polar surface area (TPSA) is 85.1 Å². The van der Waals surface area contributed by atoms with Crippen molar-refractivity contribution in [2.45, 2.75) is 6.92 Å². The first-order chi connectivity index (χ1) is 10.1. The molecule has 0 aliphatic rings. The van der Waals surface area contributed by atoms with Crippen molar-refractivity contribution in [1.29, 1.82) is 0 Å². The molecule has 2 aromatic heterocycles. The number of nitrogens with zero attached hydrogens (tertiary/aromatic N) is 3. The van der Waals surface area contributed by atoms with Gasteiger partial charge in [-0.25, -0.2) is 9.48 Å². The van der Waals surface area contributed by atoms with Crippen LogP contribution in [0.4, 0.5) is 0 Å². The lowest BCUT2D eigenvalue weighted by Gasteiger charge is -2.08. The van der Waals surface area contributed by atoms with Gasteiger partial charge in [-0.2, -0.15) is 5.10 Å². The van der Waals surface area contributed by atoms with Gasteiger partial charge in [-0.05, 0) is 31.2 Å². The molecule has 0 fully saturated rings. The molecule has 3 rings (SSSR count). The summed E-state index contributed by atoms with van der Waals surface area (Å²) in [7, 11) is 0. The Labute approximate surface area is 119 Å². The number of aromatic nitrogens is 3. The second-order valence-corrected chi connectivity index (χ2v) is 4.57. The molecule has 104 valence electrons. The second kappa shape index (κ2) is 4.82. The lowest BCUT2D eigenvalue weighted by molar-refractivity contribution is 0.0698. The molecule has 6 heteroatoms. The summed E-state index contributed by atoms with van der Waals surface area (Å²) in [4.78, 5) is 26.3. The van der Waals surface area contributed by atoms with Crippen LogP contribution in [0.3, 0.4) is 0 Å². The SMILES string of the molecule is Cc1nn(-c2ccc(C(=O)O)c3ncccc23)cc1C=O. The molecule has 0 aliphatic carbocycles. The van der Waals surface area contributed by atoms with E-state index in [1.165, 1.54) is 6.07 Å². The number of rotatable bonds is 3. The largest absolute Gasteiger partial charge is 0.478 e. The Bertz CT molecular complexity index is 868. The number of aryl methyl sites for hydroxylation is 1. The Balaban J connectivity index is 2.31. The summed E-state index contributed by atoms with van der Waals surface area (Å²) in [5.74, 6) is -1.03. The Morgan fingerprint density at radius 2 is 2.14 bits per heavy atom. The van der Waals surface area contributed by atoms with Crippen molar-refractivity contribution >= 4 is 23.2 Å². The minimum Gasteiger partial charge on any atom is -0.478 e. The third-order valence-corrected chi connectivity index (χ3v) is 3.29. The Morgan fingerprint density at radius 3 is 2.81 bits per heavy atom. The number of benzene rings is 1. The zero-order chi connectivity index (χ0) is 15.0. The maximum absolute atomic E-state index is 11.3. The van der Waals surface area contributed by atoms with E-state index in [0.29, 0.717) is 27.8 Å². The van der Waals surface area contributed by atoms with Crippen LogP contribution >= 0.6 is 0 Å². The van der Waals surface area contributed by atoms with Crippen molar-refractivity contribution < 1.29 is 14.7 Å². The molecule has 21 heavy (non-hydrogen) atoms. The maximum Gasteiger partial charge on any atom is 0.337 e. The molecular formula is C15H11N3O3. The Kier molecular flexibility index (Phi) is 2.98. The summed E-state index contributed by atoms with van der Waals surface area (Å²) < 4.78 is 1.56. The van der Waals surface area contributed by atoms with Crippen LogP contribution in [0.25, 0.3) is 16.6 Å². The highest BCUT2D eigenvalue weighted by molar-refractivity contribution is 6.04. The van der Waals surface area contributed by atoms with E-state index in [1.54, 1.807) is 42.2 Å². The van der Waals surface area contributed by atoms with Crippen LogP contribution in [-0.4, -0.2) is 32.1 Å². The lowest BCUT2D eigenvalue weighted by atomic mass is 10.1. The van der Waals surface area contributed by atoms with Crippen LogP contribution in [0.2, 0.25) is 0 Å². The van der Waals surface area contributed by atoms with E-state index in [9.17, 15) is 14.7 Å². The van der Waals surface area contributed by atoms with Gasteiger partial charge >= 0.3 is 5.97 Å². The van der Waals surface area contributed by atoms with E-state index in [1.807, 2.05) is 0 Å². The molecule has 0 radical (unpaired) electrons. The van der Waals surface area contributed by atoms with E-state index in [-0.39, 0.29) is 5.56 Å². The highest BCUT2D eigenvalue weighted by Crippen LogP contribution is 2.24. The molecule has 0 saturated heterocycles. The summed E-state index contributed by atoms with van der Waals surface area (Å²) in [6, 6.07) is 6.66. The van der Waals surface area contributed by atoms with Crippen molar-refractivity contribution in [3.8, 4) is 5.69 Å². The number of pyridine rings is 1. The number of fused-ring (bicyclic) bond motifs is 1. The predicted octanol–water partition coefficient (Wildman–Crippen LogP) is 2.24. The van der Waals surface area contributed by atoms with Gasteiger partial charge in [-0.15, -0.1) is 0 Å². The van der Waals surface area contributed by atoms with E-state index >= 15 is 0 Å². The highest BCUT2D eigenvalue weighted by atomic mass is 16.4. The number of aromatic carboxylic acids is 1. The molecule has 0 spiro atoms. The molecule has 0 amide bonds. The van der Waals surface area contributed by atoms with Gasteiger partial charge in [0.05, 0.1) is 28.0 Å². The van der Waals surface area contributed by atoms with E-state index in [0.717, 1.165) is 6.29 Å². The van der Waals surface area contributed by atoms with Crippen LogP contribution in [0.1, 0.15) is 26.4 Å². The fourth-order valence-electron chi connectivity index (χ4n) is 2.24. The first-order valence-electron chi connectivity index (χ1n) is 6.24. The molecule has 1 aromatic carbocycles. The van der Waals surface area contributed by atoms with Crippen molar-refractivity contribution in [2.75, 3.05) is 0 Å². The average molecular weight is 281 g/mol. The van der Waals surface area contributed by atoms with Gasteiger partial charge in [0, 0.05) is 17.8 Å². The third-order valence-electron chi connectivity index (χ3n) is 3.29. The second-order valence-electron chi connectivity index (χ2n) is 4.57. The maximum atomic E-state index is 11.3. The molecule has 0 unspecified atom stereocenters. The monoisotopic (exact) mass is 281 g/mol. The Morgan fingerprint density at radius 1 is 1.33 bits per heavy atom. The van der Waals surface area contributed by atoms with Crippen LogP contribution in [0.5, 0.6) is 0 Å². The molecule has 0 saturated carbocycles. The first kappa shape index (κ1) is 13.0. The summed E-state index contributed by atoms with van der Waals surface area (Å²) in [5, 5.41) is 14.2. The van der Waals surface area contributed by atoms with Crippen molar-refractivity contribution in [1.82, 2.24) is 14.8 Å². The molecule has 1 N–H and O–H groups in total. The van der Waals surface area contributed by atoms with Gasteiger partial charge in [0.2, 0.25) is 0 Å². The Hall–Kier alpha value is -3.02. The third kappa shape index (κ3) is 2.06. The first-order valence-corrected chi connectivity index (χ1v) is 6.24. The normalized spacial score (nSPS) is 10.7. The van der Waals surface area contributed by atoms with Crippen molar-refractivity contribution in [3.05, 3.63) is 53.5 Å². The molecule has 3 aromatic rings. The highest BCUT2D eigenvalue weighted by Gasteiger charge is 2.14. The average Bonchev–Trinajstić information content (AvgIpc) is 2.86. The number of carbonyl (C=O) groups is 2. The zero-order valence-corrected chi connectivity index (χ0v) is 11.1. The zero-order valence-electron chi connectivity index (χ0n) is 11.1. The van der Waals surface area contributed by atoms with Gasteiger partial charge in [-0.3, -0.25) is 9.78 Å². The smallest absolute Gasteiger partial charge is 0.337 e. The fourth-order valence-corrected chi connectivity index (χ4v) is 2.24. The quantitative estimate of drug-likeness (QED) is 0.744. The molecule has 0 atom stereocenters. The van der Waals surface area contributed by atoms with Gasteiger partial charge in [0.15, 0.2) is 6.29 Å². The minimum absolute atomic E-state index is 0.133. The van der Waals surface area contributed by atoms with Crippen LogP contribution in [-0.2, 0) is 0 Å². The van der Waals surface area contributed by atoms with Crippen LogP contribution in [0, 0.1) is 6.92 Å². The summed E-state index contributed by atoms with van der Waals surface area (Å²) >= 11 is 0. The molecule has 2 heterocycles. The molecule has 6 nitrogen and oxygen atoms in total. The summed E-state index contributed by atoms with van der Waals surface area (Å²) in [6.07, 6.45) is 3.90. The molecule has 0 aliphatic heterocycles. The van der Waals surface area contributed by atoms with Gasteiger partial charge in [-0.1, -0.05) is 0 Å². The number of carboxylic acid groups (broad SMARTS) is 1. The predicted molar refractivity (Wildman–Crippen MR) is 75.9 cm³/mol. The van der Waals surface area contributed by atoms with Crippen LogP contribution < -0.4 is 0 Å². The number of hydrogen-bond donors (Lipinski definition) is 1. The van der Waals surface area contributed by atoms with Gasteiger partial charge in [0.1, 0.15) is 0 Å². The van der Waals surface area contributed by atoms with Gasteiger partial charge < -0.3 is 5.11 Å². The molecular weight excluding hydrogens is 270 g/mol. The van der Waals surface area contributed by atoms with E-state index < -0.39 is 5.97 Å². The molecule has 0 bridgehead atoms. The lowest BCUT2D eigenvalue weighted by Crippen LogP contribution is -2.03. The van der Waals surface area contributed by atoms with Crippen molar-refractivity contribution in [2.24, 2.45) is 0 Å². The summed E-state index contributed by atoms with van der Waals surface area (Å²) in [5.41, 5.74) is 2.31. The van der Waals surface area contributed by atoms with E-state index in [4.69, 9.17) is 0 Å². The minimum atomic E-state index is -1.03. The number of hydrogen-bond acceptors (Lipinski definition) is 4. The van der Waals surface area contributed by atoms with Crippen LogP contribution in [0.15, 0.2) is 36.7 Å². The van der Waals surface area contributed by atoms with E-state index in [2.05, 4.69) is 10.1 Å². The fraction of sp³-hybridized carbons (Fsp3) is 0.0667. The number of carboxylic acids is 1. The van der Waals surface area contributed by atoms with Crippen molar-refractivity contribution in [3.63, 3.8) is 0 Å². The number of aldehydes is 1. The summed E-state index contributed by atoms with van der Waals surface area (Å²) in [6.45, 7) is 1.74. The standard InChI is InChI=1S/C15H11N3O3/c1-9-10(8-19)7-18(17-9)13-5-4-12(15(20)21)14-11(13)3-2-6-16-14/h2-8H,1H3,(H,20,21). The number of carbonyl (C=O) groups excluding carboxylic acids is 1. The van der Waals surface area contributed by atoms with Gasteiger partial charge in [0.25, 0.3) is 0 Å².